The summed E-state index contributed by atoms with van der Waals surface area (Å²) in [6.45, 7) is 7.77. The molecule has 2 N–H and O–H groups in total. The Bertz CT molecular complexity index is 1650. The largest absolute Gasteiger partial charge is 0.453 e. The van der Waals surface area contributed by atoms with Crippen LogP contribution in [0.25, 0.3) is 20.8 Å². The second-order valence-electron chi connectivity index (χ2n) is 11.5. The third-order valence-electron chi connectivity index (χ3n) is 7.65. The van der Waals surface area contributed by atoms with E-state index in [1.54, 1.807) is 37.7 Å². The number of hydrogen-bond acceptors (Lipinski definition) is 10. The maximum atomic E-state index is 15.0. The van der Waals surface area contributed by atoms with Crippen LogP contribution in [0.1, 0.15) is 44.2 Å². The van der Waals surface area contributed by atoms with Crippen molar-refractivity contribution >= 4 is 33.4 Å². The first-order valence-electron chi connectivity index (χ1n) is 17.0. The monoisotopic (exact) mass is 710 g/mol. The van der Waals surface area contributed by atoms with Crippen molar-refractivity contribution in [2.75, 3.05) is 59.9 Å². The second-order valence-corrected chi connectivity index (χ2v) is 12.6. The summed E-state index contributed by atoms with van der Waals surface area (Å²) < 4.78 is 43.0. The van der Waals surface area contributed by atoms with Gasteiger partial charge in [-0.2, -0.15) is 0 Å². The molecular formula is C37H47FN4O7S. The highest BCUT2D eigenvalue weighted by atomic mass is 32.1. The Kier molecular flexibility index (Phi) is 16.0. The molecule has 0 unspecified atom stereocenters. The van der Waals surface area contributed by atoms with Crippen molar-refractivity contribution in [1.29, 1.82) is 0 Å². The molecule has 0 aliphatic heterocycles. The molecule has 0 radical (unpaired) electrons. The van der Waals surface area contributed by atoms with Gasteiger partial charge in [0.15, 0.2) is 11.6 Å². The molecule has 1 aliphatic rings. The van der Waals surface area contributed by atoms with E-state index in [0.717, 1.165) is 33.7 Å². The van der Waals surface area contributed by atoms with Gasteiger partial charge in [-0.05, 0) is 54.2 Å². The third-order valence-corrected chi connectivity index (χ3v) is 8.81. The van der Waals surface area contributed by atoms with Crippen molar-refractivity contribution in [3.63, 3.8) is 0 Å². The lowest BCUT2D eigenvalue weighted by molar-refractivity contribution is -0.118. The van der Waals surface area contributed by atoms with Crippen LogP contribution in [0.4, 0.5) is 9.18 Å². The van der Waals surface area contributed by atoms with Gasteiger partial charge < -0.3 is 34.3 Å². The summed E-state index contributed by atoms with van der Waals surface area (Å²) in [5, 5.41) is 0. The Balaban J connectivity index is 0.00000276. The Morgan fingerprint density at radius 3 is 2.24 bits per heavy atom. The number of nitrogens with zero attached hydrogens (tertiary/aromatic N) is 3. The lowest BCUT2D eigenvalue weighted by atomic mass is 10.0. The molecule has 1 aromatic carbocycles. The van der Waals surface area contributed by atoms with E-state index in [0.29, 0.717) is 82.0 Å². The van der Waals surface area contributed by atoms with Crippen LogP contribution < -0.4 is 10.5 Å². The number of ether oxygens (including phenoxy) is 5. The van der Waals surface area contributed by atoms with Crippen molar-refractivity contribution in [2.24, 2.45) is 11.7 Å². The molecule has 5 rings (SSSR count). The normalized spacial score (nSPS) is 12.4. The summed E-state index contributed by atoms with van der Waals surface area (Å²) in [5.41, 5.74) is 8.48. The zero-order chi connectivity index (χ0) is 35.7. The summed E-state index contributed by atoms with van der Waals surface area (Å²) in [4.78, 5) is 35.7. The standard InChI is InChI=1S/C35H41FN4O7S.C2H6/c1-43-12-13-45-16-17-46-15-14-44-11-10-40(35(37)42)23-26-4-6-29(39-22-26)33-21-30-34(48-33)32(8-9-38-30)47-31-7-5-25(20-28(31)36)19-27(41)18-24-2-3-24;1-2/h4-9,20-22,24H,2-3,10-19,23H2,1H3,(H2,37,42);1-2H3. The van der Waals surface area contributed by atoms with Gasteiger partial charge in [-0.3, -0.25) is 14.8 Å². The summed E-state index contributed by atoms with van der Waals surface area (Å²) in [6.07, 6.45) is 6.33. The van der Waals surface area contributed by atoms with Crippen LogP contribution in [0.2, 0.25) is 0 Å². The molecule has 1 fully saturated rings. The number of amides is 2. The van der Waals surface area contributed by atoms with Gasteiger partial charge in [0.05, 0.1) is 67.0 Å². The first-order chi connectivity index (χ1) is 24.4. The summed E-state index contributed by atoms with van der Waals surface area (Å²) in [6, 6.07) is 11.5. The number of benzene rings is 1. The fourth-order valence-corrected chi connectivity index (χ4v) is 5.97. The van der Waals surface area contributed by atoms with E-state index in [1.807, 2.05) is 32.0 Å². The Morgan fingerprint density at radius 1 is 0.900 bits per heavy atom. The van der Waals surface area contributed by atoms with Crippen molar-refractivity contribution < 1.29 is 37.7 Å². The first-order valence-corrected chi connectivity index (χ1v) is 17.8. The minimum absolute atomic E-state index is 0.0792. The number of carbonyl (C=O) groups is 2. The smallest absolute Gasteiger partial charge is 0.315 e. The number of ketones is 1. The average Bonchev–Trinajstić information content (AvgIpc) is 3.82. The lowest BCUT2D eigenvalue weighted by Gasteiger charge is -2.20. The van der Waals surface area contributed by atoms with Crippen LogP contribution in [-0.2, 0) is 36.7 Å². The fourth-order valence-electron chi connectivity index (χ4n) is 4.93. The SMILES string of the molecule is CC.COCCOCCOCCOCCN(Cc1ccc(-c2cc3nccc(Oc4ccc(CC(=O)CC5CC5)cc4F)c3s2)nc1)C(N)=O. The number of fused-ring (bicyclic) bond motifs is 1. The van der Waals surface area contributed by atoms with Crippen LogP contribution in [0.15, 0.2) is 54.9 Å². The zero-order valence-corrected chi connectivity index (χ0v) is 29.8. The zero-order valence-electron chi connectivity index (χ0n) is 29.0. The number of methoxy groups -OCH3 is 1. The molecule has 0 saturated heterocycles. The Hall–Kier alpha value is -4.01. The molecule has 3 heterocycles. The Morgan fingerprint density at radius 2 is 1.60 bits per heavy atom. The quantitative estimate of drug-likeness (QED) is 0.0926. The van der Waals surface area contributed by atoms with E-state index in [9.17, 15) is 14.0 Å². The van der Waals surface area contributed by atoms with Crippen LogP contribution in [-0.4, -0.2) is 86.6 Å². The predicted octanol–water partition coefficient (Wildman–Crippen LogP) is 6.80. The summed E-state index contributed by atoms with van der Waals surface area (Å²) in [7, 11) is 1.62. The van der Waals surface area contributed by atoms with E-state index >= 15 is 0 Å². The Labute approximate surface area is 296 Å². The molecule has 4 aromatic rings. The van der Waals surface area contributed by atoms with Gasteiger partial charge in [-0.25, -0.2) is 9.18 Å². The van der Waals surface area contributed by atoms with Gasteiger partial charge >= 0.3 is 6.03 Å². The van der Waals surface area contributed by atoms with Crippen LogP contribution in [0, 0.1) is 11.7 Å². The molecule has 0 bridgehead atoms. The first kappa shape index (κ1) is 38.8. The number of rotatable bonds is 21. The molecule has 1 saturated carbocycles. The predicted molar refractivity (Wildman–Crippen MR) is 191 cm³/mol. The van der Waals surface area contributed by atoms with Crippen molar-refractivity contribution in [3.05, 3.63) is 71.8 Å². The molecular weight excluding hydrogens is 663 g/mol. The van der Waals surface area contributed by atoms with Crippen molar-refractivity contribution in [2.45, 2.75) is 46.1 Å². The molecule has 2 amide bonds. The number of hydrogen-bond donors (Lipinski definition) is 1. The lowest BCUT2D eigenvalue weighted by Crippen LogP contribution is -2.37. The summed E-state index contributed by atoms with van der Waals surface area (Å²) in [5.74, 6) is 0.675. The molecule has 3 aromatic heterocycles. The van der Waals surface area contributed by atoms with Gasteiger partial charge in [0, 0.05) is 51.5 Å². The minimum atomic E-state index is -0.552. The maximum Gasteiger partial charge on any atom is 0.315 e. The number of carbonyl (C=O) groups excluding carboxylic acids is 2. The number of Topliss-reactive ketones (excluding diaryl/α,β-unsaturated/α-hetero) is 1. The van der Waals surface area contributed by atoms with Gasteiger partial charge in [-0.15, -0.1) is 11.3 Å². The summed E-state index contributed by atoms with van der Waals surface area (Å²) >= 11 is 1.43. The molecule has 1 aliphatic carbocycles. The van der Waals surface area contributed by atoms with E-state index in [2.05, 4.69) is 9.97 Å². The van der Waals surface area contributed by atoms with Crippen LogP contribution in [0.5, 0.6) is 11.5 Å². The molecule has 270 valence electrons. The number of aromatic nitrogens is 2. The van der Waals surface area contributed by atoms with Crippen molar-refractivity contribution in [1.82, 2.24) is 14.9 Å². The second kappa shape index (κ2) is 20.6. The highest BCUT2D eigenvalue weighted by molar-refractivity contribution is 7.22. The number of urea groups is 1. The van der Waals surface area contributed by atoms with E-state index < -0.39 is 11.8 Å². The minimum Gasteiger partial charge on any atom is -0.453 e. The van der Waals surface area contributed by atoms with E-state index in [-0.39, 0.29) is 24.5 Å². The number of thiophene rings is 1. The molecule has 0 atom stereocenters. The highest BCUT2D eigenvalue weighted by Crippen LogP contribution is 2.39. The number of primary amides is 1. The maximum absolute atomic E-state index is 15.0. The average molecular weight is 711 g/mol. The van der Waals surface area contributed by atoms with E-state index in [1.165, 1.54) is 22.3 Å². The van der Waals surface area contributed by atoms with Gasteiger partial charge in [-0.1, -0.05) is 26.0 Å². The van der Waals surface area contributed by atoms with Crippen LogP contribution in [0.3, 0.4) is 0 Å². The van der Waals surface area contributed by atoms with Crippen LogP contribution >= 0.6 is 11.3 Å². The molecule has 50 heavy (non-hydrogen) atoms. The van der Waals surface area contributed by atoms with Crippen molar-refractivity contribution in [3.8, 4) is 22.1 Å². The topological polar surface area (TPSA) is 135 Å². The van der Waals surface area contributed by atoms with E-state index in [4.69, 9.17) is 29.4 Å². The highest BCUT2D eigenvalue weighted by Gasteiger charge is 2.24. The third kappa shape index (κ3) is 12.4. The van der Waals surface area contributed by atoms with Gasteiger partial charge in [0.2, 0.25) is 0 Å². The fraction of sp³-hybridized carbons (Fsp3) is 0.459. The number of pyridine rings is 2. The molecule has 0 spiro atoms. The number of halogens is 1. The molecule has 13 heteroatoms. The molecule has 11 nitrogen and oxygen atoms in total. The number of nitrogens with two attached hydrogens (primary N) is 1. The van der Waals surface area contributed by atoms with Gasteiger partial charge in [0.1, 0.15) is 11.5 Å². The van der Waals surface area contributed by atoms with Gasteiger partial charge in [0.25, 0.3) is 0 Å².